The Kier molecular flexibility index (Phi) is 4.46. The molecule has 114 valence electrons. The van der Waals surface area contributed by atoms with Crippen LogP contribution >= 0.6 is 22.6 Å². The Bertz CT molecular complexity index is 695. The van der Waals surface area contributed by atoms with Crippen molar-refractivity contribution < 1.29 is 24.2 Å². The van der Waals surface area contributed by atoms with Crippen LogP contribution in [0.15, 0.2) is 15.8 Å². The first-order valence-corrected chi connectivity index (χ1v) is 6.94. The average molecular weight is 410 g/mol. The molecule has 2 heterocycles. The van der Waals surface area contributed by atoms with Crippen molar-refractivity contribution in [3.63, 3.8) is 0 Å². The fourth-order valence-corrected chi connectivity index (χ4v) is 2.46. The van der Waals surface area contributed by atoms with Gasteiger partial charge < -0.3 is 14.6 Å². The van der Waals surface area contributed by atoms with Crippen LogP contribution in [0.1, 0.15) is 19.6 Å². The number of nitrogens with one attached hydrogen (secondary N) is 1. The molecule has 0 aromatic carbocycles. The monoisotopic (exact) mass is 410 g/mol. The molecule has 2 rings (SSSR count). The number of rotatable bonds is 3. The average Bonchev–Trinajstić information content (AvgIpc) is 2.76. The molecule has 21 heavy (non-hydrogen) atoms. The lowest BCUT2D eigenvalue weighted by molar-refractivity contribution is -0.162. The summed E-state index contributed by atoms with van der Waals surface area (Å²) in [5, 5.41) is 9.07. The highest BCUT2D eigenvalue weighted by Gasteiger charge is 2.43. The van der Waals surface area contributed by atoms with Crippen molar-refractivity contribution in [1.29, 1.82) is 0 Å². The molecule has 0 radical (unpaired) electrons. The summed E-state index contributed by atoms with van der Waals surface area (Å²) < 4.78 is 11.5. The number of halogens is 1. The SMILES string of the molecule is CC(=O)O[C@H]1C[C@H](n2cc(I)c(=O)[nH]c2=O)O[C@@H]1C(=O)O. The first-order valence-electron chi connectivity index (χ1n) is 5.86. The lowest BCUT2D eigenvalue weighted by Crippen LogP contribution is -2.34. The predicted octanol–water partition coefficient (Wildman–Crippen LogP) is -0.555. The van der Waals surface area contributed by atoms with E-state index in [1.165, 1.54) is 6.20 Å². The summed E-state index contributed by atoms with van der Waals surface area (Å²) in [6.45, 7) is 1.15. The second kappa shape index (κ2) is 5.97. The molecule has 1 aliphatic rings. The van der Waals surface area contributed by atoms with Crippen molar-refractivity contribution in [3.05, 3.63) is 30.6 Å². The summed E-state index contributed by atoms with van der Waals surface area (Å²) in [5.74, 6) is -1.94. The van der Waals surface area contributed by atoms with Gasteiger partial charge in [0.05, 0.1) is 3.57 Å². The topological polar surface area (TPSA) is 128 Å². The lowest BCUT2D eigenvalue weighted by Gasteiger charge is -2.13. The first-order chi connectivity index (χ1) is 9.79. The molecule has 0 amide bonds. The second-order valence-electron chi connectivity index (χ2n) is 4.38. The quantitative estimate of drug-likeness (QED) is 0.506. The van der Waals surface area contributed by atoms with E-state index >= 15 is 0 Å². The minimum absolute atomic E-state index is 0.00141. The minimum Gasteiger partial charge on any atom is -0.479 e. The van der Waals surface area contributed by atoms with Crippen molar-refractivity contribution in [3.8, 4) is 0 Å². The van der Waals surface area contributed by atoms with Gasteiger partial charge in [0.1, 0.15) is 12.3 Å². The molecule has 1 saturated heterocycles. The van der Waals surface area contributed by atoms with Crippen molar-refractivity contribution in [2.75, 3.05) is 0 Å². The number of H-pyrrole nitrogens is 1. The Hall–Kier alpha value is -1.69. The third-order valence-electron chi connectivity index (χ3n) is 2.87. The Morgan fingerprint density at radius 2 is 2.19 bits per heavy atom. The largest absolute Gasteiger partial charge is 0.479 e. The van der Waals surface area contributed by atoms with Crippen LogP contribution in [0.2, 0.25) is 0 Å². The molecule has 1 aromatic rings. The zero-order chi connectivity index (χ0) is 15.7. The number of carbonyl (C=O) groups is 2. The van der Waals surface area contributed by atoms with E-state index < -0.39 is 41.6 Å². The number of ether oxygens (including phenoxy) is 2. The normalized spacial score (nSPS) is 24.8. The third kappa shape index (κ3) is 3.32. The Morgan fingerprint density at radius 1 is 1.52 bits per heavy atom. The van der Waals surface area contributed by atoms with Crippen molar-refractivity contribution in [1.82, 2.24) is 9.55 Å². The van der Waals surface area contributed by atoms with Crippen molar-refractivity contribution in [2.24, 2.45) is 0 Å². The standard InChI is InChI=1S/C11H11IN2O7/c1-4(15)20-6-2-7(21-8(6)10(17)18)14-3-5(12)9(16)13-11(14)19/h3,6-8H,2H2,1H3,(H,17,18)(H,13,16,19)/t6-,7+,8-/m0/s1. The maximum Gasteiger partial charge on any atom is 0.336 e. The summed E-state index contributed by atoms with van der Waals surface area (Å²) >= 11 is 1.74. The number of nitrogens with zero attached hydrogens (tertiary/aromatic N) is 1. The number of aromatic nitrogens is 2. The summed E-state index contributed by atoms with van der Waals surface area (Å²) in [5.41, 5.74) is -1.26. The smallest absolute Gasteiger partial charge is 0.336 e. The van der Waals surface area contributed by atoms with E-state index in [1.807, 2.05) is 0 Å². The summed E-state index contributed by atoms with van der Waals surface area (Å²) in [4.78, 5) is 47.3. The van der Waals surface area contributed by atoms with Gasteiger partial charge in [0, 0.05) is 19.5 Å². The molecule has 3 atom stereocenters. The van der Waals surface area contributed by atoms with E-state index in [0.29, 0.717) is 0 Å². The zero-order valence-electron chi connectivity index (χ0n) is 10.7. The van der Waals surface area contributed by atoms with E-state index in [9.17, 15) is 19.2 Å². The molecule has 9 nitrogen and oxygen atoms in total. The lowest BCUT2D eigenvalue weighted by atomic mass is 10.2. The van der Waals surface area contributed by atoms with Crippen LogP contribution < -0.4 is 11.2 Å². The van der Waals surface area contributed by atoms with Gasteiger partial charge in [0.15, 0.2) is 6.10 Å². The van der Waals surface area contributed by atoms with E-state index in [4.69, 9.17) is 14.6 Å². The number of hydrogen-bond donors (Lipinski definition) is 2. The molecular formula is C11H11IN2O7. The molecule has 0 bridgehead atoms. The number of carboxylic acids is 1. The molecule has 0 aliphatic carbocycles. The fraction of sp³-hybridized carbons (Fsp3) is 0.455. The molecule has 0 saturated carbocycles. The van der Waals surface area contributed by atoms with E-state index in [-0.39, 0.29) is 9.99 Å². The fourth-order valence-electron chi connectivity index (χ4n) is 2.03. The Labute approximate surface area is 131 Å². The number of carbonyl (C=O) groups excluding carboxylic acids is 1. The van der Waals surface area contributed by atoms with Crippen LogP contribution in [0.25, 0.3) is 0 Å². The minimum atomic E-state index is -1.37. The molecule has 2 N–H and O–H groups in total. The molecule has 1 fully saturated rings. The van der Waals surface area contributed by atoms with Gasteiger partial charge in [-0.1, -0.05) is 0 Å². The van der Waals surface area contributed by atoms with Gasteiger partial charge in [0.2, 0.25) is 0 Å². The molecule has 10 heteroatoms. The number of hydrogen-bond acceptors (Lipinski definition) is 6. The van der Waals surface area contributed by atoms with Crippen LogP contribution in [0.3, 0.4) is 0 Å². The van der Waals surface area contributed by atoms with Gasteiger partial charge in [-0.3, -0.25) is 19.1 Å². The summed E-state index contributed by atoms with van der Waals surface area (Å²) in [7, 11) is 0. The van der Waals surface area contributed by atoms with Crippen molar-refractivity contribution in [2.45, 2.75) is 31.8 Å². The molecular weight excluding hydrogens is 399 g/mol. The van der Waals surface area contributed by atoms with Gasteiger partial charge in [-0.2, -0.15) is 0 Å². The number of esters is 1. The highest BCUT2D eigenvalue weighted by Crippen LogP contribution is 2.30. The van der Waals surface area contributed by atoms with Gasteiger partial charge in [-0.25, -0.2) is 9.59 Å². The number of carboxylic acid groups (broad SMARTS) is 1. The van der Waals surface area contributed by atoms with E-state index in [0.717, 1.165) is 11.5 Å². The van der Waals surface area contributed by atoms with Gasteiger partial charge in [-0.15, -0.1) is 0 Å². The predicted molar refractivity (Wildman–Crippen MR) is 75.8 cm³/mol. The van der Waals surface area contributed by atoms with Gasteiger partial charge in [-0.05, 0) is 22.6 Å². The van der Waals surface area contributed by atoms with E-state index in [2.05, 4.69) is 4.98 Å². The zero-order valence-corrected chi connectivity index (χ0v) is 12.9. The highest BCUT2D eigenvalue weighted by molar-refractivity contribution is 14.1. The van der Waals surface area contributed by atoms with Crippen LogP contribution in [0, 0.1) is 3.57 Å². The van der Waals surface area contributed by atoms with Gasteiger partial charge in [0.25, 0.3) is 5.56 Å². The number of aliphatic carboxylic acids is 1. The third-order valence-corrected chi connectivity index (χ3v) is 3.64. The van der Waals surface area contributed by atoms with Crippen molar-refractivity contribution >= 4 is 34.5 Å². The molecule has 0 unspecified atom stereocenters. The molecule has 1 aromatic heterocycles. The highest BCUT2D eigenvalue weighted by atomic mass is 127. The van der Waals surface area contributed by atoms with Gasteiger partial charge >= 0.3 is 17.6 Å². The Morgan fingerprint density at radius 3 is 2.76 bits per heavy atom. The Balaban J connectivity index is 2.32. The van der Waals surface area contributed by atoms with Crippen LogP contribution in [0.5, 0.6) is 0 Å². The van der Waals surface area contributed by atoms with E-state index in [1.54, 1.807) is 22.6 Å². The molecule has 1 aliphatic heterocycles. The van der Waals surface area contributed by atoms with Crippen LogP contribution in [-0.2, 0) is 19.1 Å². The summed E-state index contributed by atoms with van der Waals surface area (Å²) in [6.07, 6.45) is -2.04. The maximum absolute atomic E-state index is 11.8. The first kappa shape index (κ1) is 15.7. The van der Waals surface area contributed by atoms with Crippen LogP contribution in [0.4, 0.5) is 0 Å². The summed E-state index contributed by atoms with van der Waals surface area (Å²) in [6, 6.07) is 0. The number of aromatic amines is 1. The molecule has 0 spiro atoms. The second-order valence-corrected chi connectivity index (χ2v) is 5.54. The van der Waals surface area contributed by atoms with Crippen LogP contribution in [-0.4, -0.2) is 38.8 Å². The maximum atomic E-state index is 11.8.